The number of rotatable bonds is 5. The van der Waals surface area contributed by atoms with Crippen LogP contribution in [0.5, 0.6) is 5.75 Å². The number of carbonyl (C=O) groups excluding carboxylic acids is 2. The van der Waals surface area contributed by atoms with E-state index < -0.39 is 0 Å². The zero-order valence-corrected chi connectivity index (χ0v) is 15.2. The fourth-order valence-corrected chi connectivity index (χ4v) is 3.05. The zero-order chi connectivity index (χ0) is 19.5. The molecular weight excluding hydrogens is 354 g/mol. The lowest BCUT2D eigenvalue weighted by Crippen LogP contribution is -2.26. The highest BCUT2D eigenvalue weighted by molar-refractivity contribution is 6.48. The third-order valence-electron chi connectivity index (χ3n) is 4.51. The van der Waals surface area contributed by atoms with Crippen molar-refractivity contribution in [2.75, 3.05) is 7.05 Å². The number of ether oxygens (including phenoxy) is 1. The Morgan fingerprint density at radius 3 is 2.07 bits per heavy atom. The number of carbonyl (C=O) groups is 2. The molecule has 28 heavy (non-hydrogen) atoms. The molecule has 0 radical (unpaired) electrons. The molecule has 1 aliphatic heterocycles. The van der Waals surface area contributed by atoms with Gasteiger partial charge in [-0.2, -0.15) is 0 Å². The average Bonchev–Trinajstić information content (AvgIpc) is 2.98. The fourth-order valence-electron chi connectivity index (χ4n) is 3.05. The predicted molar refractivity (Wildman–Crippen MR) is 104 cm³/mol. The summed E-state index contributed by atoms with van der Waals surface area (Å²) in [6.45, 7) is 0.352. The summed E-state index contributed by atoms with van der Waals surface area (Å²) in [6, 6.07) is 16.2. The van der Waals surface area contributed by atoms with Crippen LogP contribution >= 0.6 is 0 Å². The Bertz CT molecular complexity index is 1050. The van der Waals surface area contributed by atoms with Gasteiger partial charge in [0.2, 0.25) is 0 Å². The Morgan fingerprint density at radius 2 is 1.46 bits per heavy atom. The summed E-state index contributed by atoms with van der Waals surface area (Å²) >= 11 is 0. The third-order valence-corrected chi connectivity index (χ3v) is 4.51. The van der Waals surface area contributed by atoms with Gasteiger partial charge in [0.25, 0.3) is 11.8 Å². The molecule has 6 nitrogen and oxygen atoms in total. The van der Waals surface area contributed by atoms with Crippen molar-refractivity contribution in [3.05, 3.63) is 90.0 Å². The highest BCUT2D eigenvalue weighted by atomic mass is 16.5. The van der Waals surface area contributed by atoms with Gasteiger partial charge in [0, 0.05) is 25.6 Å². The molecule has 138 valence electrons. The molecule has 0 aliphatic carbocycles. The van der Waals surface area contributed by atoms with Crippen molar-refractivity contribution in [2.45, 2.75) is 6.61 Å². The van der Waals surface area contributed by atoms with Gasteiger partial charge in [0.15, 0.2) is 0 Å². The molecule has 1 aromatic carbocycles. The summed E-state index contributed by atoms with van der Waals surface area (Å²) in [5.74, 6) is 0.0197. The maximum Gasteiger partial charge on any atom is 0.261 e. The highest BCUT2D eigenvalue weighted by Crippen LogP contribution is 2.35. The number of pyridine rings is 2. The minimum absolute atomic E-state index is 0.318. The first-order chi connectivity index (χ1) is 13.6. The summed E-state index contributed by atoms with van der Waals surface area (Å²) in [7, 11) is 1.49. The molecule has 4 rings (SSSR count). The topological polar surface area (TPSA) is 72.4 Å². The quantitative estimate of drug-likeness (QED) is 0.645. The number of aromatic nitrogens is 2. The molecule has 0 N–H and O–H groups in total. The minimum atomic E-state index is -0.320. The van der Waals surface area contributed by atoms with Gasteiger partial charge in [0.1, 0.15) is 12.4 Å². The Labute approximate surface area is 162 Å². The summed E-state index contributed by atoms with van der Waals surface area (Å²) in [6.07, 6.45) is 4.92. The maximum atomic E-state index is 12.7. The second-order valence-electron chi connectivity index (χ2n) is 6.29. The monoisotopic (exact) mass is 371 g/mol. The lowest BCUT2D eigenvalue weighted by atomic mass is 9.97. The molecule has 3 aromatic rings. The number of likely N-dealkylation sites (N-methyl/N-ethyl adjacent to an activating group) is 1. The van der Waals surface area contributed by atoms with Crippen LogP contribution < -0.4 is 4.74 Å². The largest absolute Gasteiger partial charge is 0.487 e. The van der Waals surface area contributed by atoms with Gasteiger partial charge in [0.05, 0.1) is 16.8 Å². The van der Waals surface area contributed by atoms with Gasteiger partial charge in [-0.1, -0.05) is 18.2 Å². The van der Waals surface area contributed by atoms with Crippen molar-refractivity contribution in [2.24, 2.45) is 0 Å². The predicted octanol–water partition coefficient (Wildman–Crippen LogP) is 2.97. The standard InChI is InChI=1S/C22H17N3O3/c1-25-21(26)19(20(22(25)27)16-9-12-23-13-10-16)15-5-7-18(8-6-15)28-14-17-4-2-3-11-24-17/h2-13H,14H2,1H3. The first-order valence-corrected chi connectivity index (χ1v) is 8.75. The summed E-state index contributed by atoms with van der Waals surface area (Å²) in [5.41, 5.74) is 2.93. The Balaban J connectivity index is 1.64. The molecule has 3 heterocycles. The number of nitrogens with zero attached hydrogens (tertiary/aromatic N) is 3. The Hall–Kier alpha value is -3.80. The van der Waals surface area contributed by atoms with E-state index in [2.05, 4.69) is 9.97 Å². The van der Waals surface area contributed by atoms with E-state index in [0.717, 1.165) is 10.6 Å². The van der Waals surface area contributed by atoms with E-state index in [-0.39, 0.29) is 11.8 Å². The van der Waals surface area contributed by atoms with Gasteiger partial charge < -0.3 is 4.74 Å². The molecule has 0 saturated carbocycles. The fraction of sp³-hybridized carbons (Fsp3) is 0.0909. The summed E-state index contributed by atoms with van der Waals surface area (Å²) in [4.78, 5) is 34.6. The van der Waals surface area contributed by atoms with E-state index in [1.54, 1.807) is 55.0 Å². The lowest BCUT2D eigenvalue weighted by molar-refractivity contribution is -0.134. The number of amides is 2. The van der Waals surface area contributed by atoms with E-state index in [9.17, 15) is 9.59 Å². The molecule has 0 bridgehead atoms. The van der Waals surface area contributed by atoms with E-state index >= 15 is 0 Å². The van der Waals surface area contributed by atoms with E-state index in [1.807, 2.05) is 18.2 Å². The first kappa shape index (κ1) is 17.6. The van der Waals surface area contributed by atoms with E-state index in [1.165, 1.54) is 7.05 Å². The van der Waals surface area contributed by atoms with Crippen molar-refractivity contribution in [3.8, 4) is 5.75 Å². The molecule has 0 saturated heterocycles. The van der Waals surface area contributed by atoms with Crippen LogP contribution in [0.1, 0.15) is 16.8 Å². The first-order valence-electron chi connectivity index (χ1n) is 8.75. The number of hydrogen-bond acceptors (Lipinski definition) is 5. The van der Waals surface area contributed by atoms with Crippen LogP contribution in [0.25, 0.3) is 11.1 Å². The zero-order valence-electron chi connectivity index (χ0n) is 15.2. The number of hydrogen-bond donors (Lipinski definition) is 0. The number of benzene rings is 1. The van der Waals surface area contributed by atoms with Crippen molar-refractivity contribution < 1.29 is 14.3 Å². The molecular formula is C22H17N3O3. The molecule has 2 amide bonds. The van der Waals surface area contributed by atoms with E-state index in [4.69, 9.17) is 4.74 Å². The van der Waals surface area contributed by atoms with Gasteiger partial charge in [-0.3, -0.25) is 24.5 Å². The van der Waals surface area contributed by atoms with Crippen molar-refractivity contribution in [3.63, 3.8) is 0 Å². The van der Waals surface area contributed by atoms with Gasteiger partial charge in [-0.15, -0.1) is 0 Å². The van der Waals surface area contributed by atoms with Gasteiger partial charge in [-0.05, 0) is 47.5 Å². The van der Waals surface area contributed by atoms with Gasteiger partial charge in [-0.25, -0.2) is 0 Å². The smallest absolute Gasteiger partial charge is 0.261 e. The molecule has 0 fully saturated rings. The van der Waals surface area contributed by atoms with E-state index in [0.29, 0.717) is 34.6 Å². The maximum absolute atomic E-state index is 12.7. The van der Waals surface area contributed by atoms with Crippen LogP contribution in [0.4, 0.5) is 0 Å². The summed E-state index contributed by atoms with van der Waals surface area (Å²) < 4.78 is 5.74. The van der Waals surface area contributed by atoms with Crippen molar-refractivity contribution >= 4 is 23.0 Å². The van der Waals surface area contributed by atoms with Crippen LogP contribution in [-0.4, -0.2) is 33.7 Å². The number of imide groups is 1. The molecule has 6 heteroatoms. The second-order valence-corrected chi connectivity index (χ2v) is 6.29. The highest BCUT2D eigenvalue weighted by Gasteiger charge is 2.37. The van der Waals surface area contributed by atoms with Crippen LogP contribution in [0, 0.1) is 0 Å². The Morgan fingerprint density at radius 1 is 0.821 bits per heavy atom. The van der Waals surface area contributed by atoms with Crippen LogP contribution in [0.3, 0.4) is 0 Å². The van der Waals surface area contributed by atoms with Crippen LogP contribution in [0.2, 0.25) is 0 Å². The second kappa shape index (κ2) is 7.44. The average molecular weight is 371 g/mol. The normalized spacial score (nSPS) is 14.0. The Kier molecular flexibility index (Phi) is 4.68. The van der Waals surface area contributed by atoms with Crippen molar-refractivity contribution in [1.29, 1.82) is 0 Å². The molecule has 0 atom stereocenters. The lowest BCUT2D eigenvalue weighted by Gasteiger charge is -2.08. The summed E-state index contributed by atoms with van der Waals surface area (Å²) in [5, 5.41) is 0. The molecule has 0 spiro atoms. The molecule has 2 aromatic heterocycles. The molecule has 1 aliphatic rings. The van der Waals surface area contributed by atoms with Crippen LogP contribution in [-0.2, 0) is 16.2 Å². The molecule has 0 unspecified atom stereocenters. The van der Waals surface area contributed by atoms with Crippen LogP contribution in [0.15, 0.2) is 73.2 Å². The minimum Gasteiger partial charge on any atom is -0.487 e. The SMILES string of the molecule is CN1C(=O)C(c2ccncc2)=C(c2ccc(OCc3ccccn3)cc2)C1=O. The van der Waals surface area contributed by atoms with Crippen molar-refractivity contribution in [1.82, 2.24) is 14.9 Å². The third kappa shape index (κ3) is 3.27. The van der Waals surface area contributed by atoms with Gasteiger partial charge >= 0.3 is 0 Å².